The fourth-order valence-electron chi connectivity index (χ4n) is 3.05. The summed E-state index contributed by atoms with van der Waals surface area (Å²) >= 11 is 0. The molecule has 0 saturated heterocycles. The van der Waals surface area contributed by atoms with Gasteiger partial charge < -0.3 is 23.7 Å². The standard InChI is InChI=1S/C23H26O6/c1-16-22(27-14-19-9-11-20(25-3)12-10-19)23(21(15-26-16)29-17(2)24)28-13-18-7-5-4-6-8-18/h4-12,15-16,22-23H,13-14H2,1-3H3/t16-,22-,23-/m0/s1. The summed E-state index contributed by atoms with van der Waals surface area (Å²) in [7, 11) is 1.63. The Kier molecular flexibility index (Phi) is 7.27. The predicted octanol–water partition coefficient (Wildman–Crippen LogP) is 3.99. The van der Waals surface area contributed by atoms with Gasteiger partial charge in [-0.25, -0.2) is 0 Å². The van der Waals surface area contributed by atoms with E-state index in [0.29, 0.717) is 19.0 Å². The second kappa shape index (κ2) is 10.1. The van der Waals surface area contributed by atoms with E-state index < -0.39 is 18.2 Å². The molecule has 0 unspecified atom stereocenters. The lowest BCUT2D eigenvalue weighted by molar-refractivity contribution is -0.160. The molecular formula is C23H26O6. The molecule has 0 fully saturated rings. The van der Waals surface area contributed by atoms with E-state index in [2.05, 4.69) is 0 Å². The fraction of sp³-hybridized carbons (Fsp3) is 0.348. The Morgan fingerprint density at radius 2 is 1.62 bits per heavy atom. The van der Waals surface area contributed by atoms with Crippen molar-refractivity contribution in [2.24, 2.45) is 0 Å². The van der Waals surface area contributed by atoms with Crippen LogP contribution in [0.1, 0.15) is 25.0 Å². The molecule has 0 aliphatic carbocycles. The van der Waals surface area contributed by atoms with Crippen molar-refractivity contribution in [2.75, 3.05) is 7.11 Å². The number of carbonyl (C=O) groups is 1. The molecule has 3 atom stereocenters. The van der Waals surface area contributed by atoms with Crippen molar-refractivity contribution in [2.45, 2.75) is 45.4 Å². The normalized spacial score (nSPS) is 21.1. The summed E-state index contributed by atoms with van der Waals surface area (Å²) in [5, 5.41) is 0. The molecule has 0 N–H and O–H groups in total. The van der Waals surface area contributed by atoms with Crippen LogP contribution in [-0.2, 0) is 37.0 Å². The van der Waals surface area contributed by atoms with Crippen molar-refractivity contribution >= 4 is 5.97 Å². The highest BCUT2D eigenvalue weighted by molar-refractivity contribution is 5.67. The maximum Gasteiger partial charge on any atom is 0.307 e. The Labute approximate surface area is 171 Å². The Morgan fingerprint density at radius 3 is 2.28 bits per heavy atom. The SMILES string of the molecule is COc1ccc(CO[C@H]2[C@H](C)OC=C(OC(C)=O)[C@@H]2OCc2ccccc2)cc1. The van der Waals surface area contributed by atoms with Gasteiger partial charge in [-0.1, -0.05) is 42.5 Å². The molecule has 0 radical (unpaired) electrons. The first-order valence-electron chi connectivity index (χ1n) is 9.51. The summed E-state index contributed by atoms with van der Waals surface area (Å²) in [4.78, 5) is 11.5. The Hall–Kier alpha value is -2.83. The number of carbonyl (C=O) groups excluding carboxylic acids is 1. The van der Waals surface area contributed by atoms with Gasteiger partial charge in [-0.05, 0) is 30.2 Å². The predicted molar refractivity (Wildman–Crippen MR) is 107 cm³/mol. The van der Waals surface area contributed by atoms with Crippen molar-refractivity contribution in [1.29, 1.82) is 0 Å². The molecule has 0 saturated carbocycles. The van der Waals surface area contributed by atoms with Crippen molar-refractivity contribution in [3.8, 4) is 5.75 Å². The van der Waals surface area contributed by atoms with Crippen LogP contribution >= 0.6 is 0 Å². The highest BCUT2D eigenvalue weighted by atomic mass is 16.6. The summed E-state index contributed by atoms with van der Waals surface area (Å²) in [5.74, 6) is 0.662. The van der Waals surface area contributed by atoms with E-state index in [1.54, 1.807) is 7.11 Å². The first-order valence-corrected chi connectivity index (χ1v) is 9.51. The Bertz CT molecular complexity index is 815. The van der Waals surface area contributed by atoms with Crippen LogP contribution in [0, 0.1) is 0 Å². The van der Waals surface area contributed by atoms with Gasteiger partial charge in [0.1, 0.15) is 30.3 Å². The quantitative estimate of drug-likeness (QED) is 0.627. The maximum atomic E-state index is 11.5. The van der Waals surface area contributed by atoms with Crippen LogP contribution in [0.5, 0.6) is 5.75 Å². The lowest BCUT2D eigenvalue weighted by Crippen LogP contribution is -2.45. The van der Waals surface area contributed by atoms with Gasteiger partial charge in [0, 0.05) is 6.92 Å². The van der Waals surface area contributed by atoms with E-state index >= 15 is 0 Å². The van der Waals surface area contributed by atoms with Gasteiger partial charge in [0.25, 0.3) is 0 Å². The van der Waals surface area contributed by atoms with Gasteiger partial charge in [-0.3, -0.25) is 4.79 Å². The summed E-state index contributed by atoms with van der Waals surface area (Å²) in [6, 6.07) is 17.4. The summed E-state index contributed by atoms with van der Waals surface area (Å²) < 4.78 is 28.4. The molecule has 2 aromatic rings. The zero-order valence-corrected chi connectivity index (χ0v) is 16.9. The van der Waals surface area contributed by atoms with Crippen LogP contribution in [-0.4, -0.2) is 31.4 Å². The molecule has 6 heteroatoms. The number of esters is 1. The number of methoxy groups -OCH3 is 1. The van der Waals surface area contributed by atoms with Crippen LogP contribution in [0.4, 0.5) is 0 Å². The van der Waals surface area contributed by atoms with Gasteiger partial charge in [0.2, 0.25) is 0 Å². The Balaban J connectivity index is 1.72. The summed E-state index contributed by atoms with van der Waals surface area (Å²) in [5.41, 5.74) is 2.01. The molecule has 29 heavy (non-hydrogen) atoms. The molecule has 1 aliphatic heterocycles. The van der Waals surface area contributed by atoms with Crippen LogP contribution in [0.3, 0.4) is 0 Å². The minimum atomic E-state index is -0.568. The first-order chi connectivity index (χ1) is 14.1. The average molecular weight is 398 g/mol. The van der Waals surface area contributed by atoms with E-state index in [1.165, 1.54) is 13.2 Å². The first kappa shape index (κ1) is 20.9. The average Bonchev–Trinajstić information content (AvgIpc) is 2.74. The van der Waals surface area contributed by atoms with Crippen LogP contribution in [0.2, 0.25) is 0 Å². The van der Waals surface area contributed by atoms with Gasteiger partial charge in [-0.2, -0.15) is 0 Å². The third kappa shape index (κ3) is 5.82. The fourth-order valence-corrected chi connectivity index (χ4v) is 3.05. The van der Waals surface area contributed by atoms with Crippen molar-refractivity contribution in [3.05, 3.63) is 77.7 Å². The topological polar surface area (TPSA) is 63.2 Å². The second-order valence-corrected chi connectivity index (χ2v) is 6.80. The number of benzene rings is 2. The van der Waals surface area contributed by atoms with Crippen LogP contribution < -0.4 is 4.74 Å². The van der Waals surface area contributed by atoms with Crippen molar-refractivity contribution < 1.29 is 28.5 Å². The van der Waals surface area contributed by atoms with E-state index in [1.807, 2.05) is 61.5 Å². The lowest BCUT2D eigenvalue weighted by Gasteiger charge is -2.35. The zero-order chi connectivity index (χ0) is 20.6. The van der Waals surface area contributed by atoms with Gasteiger partial charge in [0.15, 0.2) is 5.76 Å². The smallest absolute Gasteiger partial charge is 0.307 e. The second-order valence-electron chi connectivity index (χ2n) is 6.80. The summed E-state index contributed by atoms with van der Waals surface area (Å²) in [6.07, 6.45) is 0.157. The maximum absolute atomic E-state index is 11.5. The van der Waals surface area contributed by atoms with Gasteiger partial charge in [0.05, 0.1) is 20.3 Å². The number of rotatable bonds is 8. The summed E-state index contributed by atoms with van der Waals surface area (Å²) in [6.45, 7) is 3.97. The number of hydrogen-bond donors (Lipinski definition) is 0. The van der Waals surface area contributed by atoms with E-state index in [-0.39, 0.29) is 6.10 Å². The molecule has 0 bridgehead atoms. The molecule has 1 heterocycles. The molecule has 0 amide bonds. The Morgan fingerprint density at radius 1 is 0.966 bits per heavy atom. The third-order valence-corrected chi connectivity index (χ3v) is 4.58. The zero-order valence-electron chi connectivity index (χ0n) is 16.9. The largest absolute Gasteiger partial charge is 0.497 e. The molecule has 3 rings (SSSR count). The van der Waals surface area contributed by atoms with E-state index in [0.717, 1.165) is 16.9 Å². The number of hydrogen-bond acceptors (Lipinski definition) is 6. The van der Waals surface area contributed by atoms with Crippen molar-refractivity contribution in [3.63, 3.8) is 0 Å². The van der Waals surface area contributed by atoms with Gasteiger partial charge in [-0.15, -0.1) is 0 Å². The molecular weight excluding hydrogens is 372 g/mol. The highest BCUT2D eigenvalue weighted by Gasteiger charge is 2.38. The molecule has 1 aliphatic rings. The van der Waals surface area contributed by atoms with E-state index in [4.69, 9.17) is 23.7 Å². The molecule has 154 valence electrons. The molecule has 6 nitrogen and oxygen atoms in total. The third-order valence-electron chi connectivity index (χ3n) is 4.58. The van der Waals surface area contributed by atoms with Crippen LogP contribution in [0.15, 0.2) is 66.6 Å². The van der Waals surface area contributed by atoms with E-state index in [9.17, 15) is 4.79 Å². The number of ether oxygens (including phenoxy) is 5. The lowest BCUT2D eigenvalue weighted by atomic mass is 10.0. The minimum Gasteiger partial charge on any atom is -0.497 e. The monoisotopic (exact) mass is 398 g/mol. The molecule has 2 aromatic carbocycles. The van der Waals surface area contributed by atoms with Crippen LogP contribution in [0.25, 0.3) is 0 Å². The minimum absolute atomic E-state index is 0.270. The molecule has 0 spiro atoms. The highest BCUT2D eigenvalue weighted by Crippen LogP contribution is 2.27. The molecule has 0 aromatic heterocycles. The van der Waals surface area contributed by atoms with Crippen molar-refractivity contribution in [1.82, 2.24) is 0 Å². The van der Waals surface area contributed by atoms with Gasteiger partial charge >= 0.3 is 5.97 Å².